The summed E-state index contributed by atoms with van der Waals surface area (Å²) >= 11 is 0. The van der Waals surface area contributed by atoms with Crippen LogP contribution >= 0.6 is 0 Å². The molecule has 0 unspecified atom stereocenters. The highest BCUT2D eigenvalue weighted by molar-refractivity contribution is 5.96. The van der Waals surface area contributed by atoms with Gasteiger partial charge in [0.15, 0.2) is 0 Å². The van der Waals surface area contributed by atoms with Crippen molar-refractivity contribution in [3.8, 4) is 0 Å². The Labute approximate surface area is 122 Å². The van der Waals surface area contributed by atoms with Crippen molar-refractivity contribution in [2.75, 3.05) is 7.05 Å². The van der Waals surface area contributed by atoms with Crippen molar-refractivity contribution in [2.24, 2.45) is 0 Å². The first-order valence-electron chi connectivity index (χ1n) is 6.66. The molecule has 0 fully saturated rings. The third-order valence-corrected chi connectivity index (χ3v) is 3.37. The Morgan fingerprint density at radius 3 is 2.81 bits per heavy atom. The smallest absolute Gasteiger partial charge is 0.257 e. The van der Waals surface area contributed by atoms with Crippen molar-refractivity contribution in [1.29, 1.82) is 0 Å². The predicted octanol–water partition coefficient (Wildman–Crippen LogP) is 2.80. The number of benzene rings is 1. The minimum atomic E-state index is -0.0751. The lowest BCUT2D eigenvalue weighted by molar-refractivity contribution is 0.0785. The molecule has 0 radical (unpaired) electrons. The van der Waals surface area contributed by atoms with Crippen molar-refractivity contribution < 1.29 is 9.32 Å². The number of rotatable bonds is 3. The molecule has 0 spiro atoms. The normalized spacial score (nSPS) is 10.8. The maximum Gasteiger partial charge on any atom is 0.257 e. The number of aryl methyl sites for hydroxylation is 1. The zero-order valence-electron chi connectivity index (χ0n) is 11.9. The number of aromatic nitrogens is 2. The largest absolute Gasteiger partial charge is 0.337 e. The summed E-state index contributed by atoms with van der Waals surface area (Å²) in [5.41, 5.74) is 2.81. The van der Waals surface area contributed by atoms with E-state index in [2.05, 4.69) is 10.1 Å². The molecule has 0 bridgehead atoms. The van der Waals surface area contributed by atoms with Gasteiger partial charge in [0.1, 0.15) is 0 Å². The van der Waals surface area contributed by atoms with Crippen molar-refractivity contribution in [1.82, 2.24) is 15.0 Å². The van der Waals surface area contributed by atoms with Gasteiger partial charge in [0.25, 0.3) is 11.6 Å². The third-order valence-electron chi connectivity index (χ3n) is 3.37. The molecule has 5 nitrogen and oxygen atoms in total. The fraction of sp³-hybridized carbons (Fsp3) is 0.188. The number of hydrogen-bond donors (Lipinski definition) is 0. The molecule has 0 saturated heterocycles. The Balaban J connectivity index is 1.84. The lowest BCUT2D eigenvalue weighted by Crippen LogP contribution is -2.26. The Kier molecular flexibility index (Phi) is 3.39. The summed E-state index contributed by atoms with van der Waals surface area (Å²) in [7, 11) is 1.78. The lowest BCUT2D eigenvalue weighted by atomic mass is 10.1. The zero-order chi connectivity index (χ0) is 14.8. The van der Waals surface area contributed by atoms with Crippen LogP contribution < -0.4 is 0 Å². The highest BCUT2D eigenvalue weighted by Crippen LogP contribution is 2.18. The van der Waals surface area contributed by atoms with Crippen LogP contribution in [0.3, 0.4) is 0 Å². The molecule has 1 amide bonds. The standard InChI is InChI=1S/C16H15N3O2/c1-11-14-8-13(9-17-15(14)21-18-11)16(20)19(2)10-12-6-4-3-5-7-12/h3-9H,10H2,1-2H3. The number of carbonyl (C=O) groups excluding carboxylic acids is 1. The van der Waals surface area contributed by atoms with Crippen LogP contribution in [0.2, 0.25) is 0 Å². The first kappa shape index (κ1) is 13.3. The number of carbonyl (C=O) groups is 1. The molecule has 0 aliphatic rings. The van der Waals surface area contributed by atoms with E-state index in [1.807, 2.05) is 37.3 Å². The third kappa shape index (κ3) is 2.63. The second kappa shape index (κ2) is 5.36. The summed E-state index contributed by atoms with van der Waals surface area (Å²) in [4.78, 5) is 18.3. The molecule has 3 rings (SSSR count). The van der Waals surface area contributed by atoms with Gasteiger partial charge in [-0.3, -0.25) is 4.79 Å². The molecule has 0 aliphatic carbocycles. The second-order valence-corrected chi connectivity index (χ2v) is 4.99. The molecule has 0 N–H and O–H groups in total. The van der Waals surface area contributed by atoms with E-state index in [4.69, 9.17) is 4.52 Å². The van der Waals surface area contributed by atoms with Crippen LogP contribution in [-0.2, 0) is 6.54 Å². The van der Waals surface area contributed by atoms with Gasteiger partial charge in [-0.1, -0.05) is 35.5 Å². The van der Waals surface area contributed by atoms with E-state index >= 15 is 0 Å². The first-order chi connectivity index (χ1) is 10.1. The summed E-state index contributed by atoms with van der Waals surface area (Å²) in [6, 6.07) is 11.6. The van der Waals surface area contributed by atoms with E-state index in [1.165, 1.54) is 6.20 Å². The van der Waals surface area contributed by atoms with E-state index in [0.717, 1.165) is 16.6 Å². The lowest BCUT2D eigenvalue weighted by Gasteiger charge is -2.17. The molecular formula is C16H15N3O2. The van der Waals surface area contributed by atoms with Crippen molar-refractivity contribution in [2.45, 2.75) is 13.5 Å². The summed E-state index contributed by atoms with van der Waals surface area (Å²) in [6.45, 7) is 2.38. The molecule has 106 valence electrons. The van der Waals surface area contributed by atoms with E-state index < -0.39 is 0 Å². The van der Waals surface area contributed by atoms with Gasteiger partial charge in [0.2, 0.25) is 0 Å². The van der Waals surface area contributed by atoms with Gasteiger partial charge in [-0.15, -0.1) is 0 Å². The van der Waals surface area contributed by atoms with Crippen molar-refractivity contribution in [3.05, 3.63) is 59.4 Å². The molecule has 2 aromatic heterocycles. The summed E-state index contributed by atoms with van der Waals surface area (Å²) < 4.78 is 5.05. The monoisotopic (exact) mass is 281 g/mol. The predicted molar refractivity (Wildman–Crippen MR) is 78.8 cm³/mol. The molecule has 0 saturated carbocycles. The van der Waals surface area contributed by atoms with Crippen LogP contribution in [0.4, 0.5) is 0 Å². The van der Waals surface area contributed by atoms with E-state index in [1.54, 1.807) is 18.0 Å². The van der Waals surface area contributed by atoms with Gasteiger partial charge in [0, 0.05) is 19.8 Å². The number of amides is 1. The van der Waals surface area contributed by atoms with Gasteiger partial charge in [-0.2, -0.15) is 0 Å². The summed E-state index contributed by atoms with van der Waals surface area (Å²) in [5.74, 6) is -0.0751. The summed E-state index contributed by atoms with van der Waals surface area (Å²) in [5, 5.41) is 4.62. The Morgan fingerprint density at radius 2 is 2.05 bits per heavy atom. The van der Waals surface area contributed by atoms with Crippen LogP contribution in [0.1, 0.15) is 21.6 Å². The zero-order valence-corrected chi connectivity index (χ0v) is 11.9. The maximum absolute atomic E-state index is 12.5. The highest BCUT2D eigenvalue weighted by Gasteiger charge is 2.15. The Hall–Kier alpha value is -2.69. The van der Waals surface area contributed by atoms with Crippen LogP contribution in [0, 0.1) is 6.92 Å². The molecule has 0 atom stereocenters. The molecule has 5 heteroatoms. The molecule has 2 heterocycles. The number of nitrogens with zero attached hydrogens (tertiary/aromatic N) is 3. The quantitative estimate of drug-likeness (QED) is 0.740. The van der Waals surface area contributed by atoms with Crippen LogP contribution in [0.5, 0.6) is 0 Å². The molecular weight excluding hydrogens is 266 g/mol. The van der Waals surface area contributed by atoms with E-state index in [-0.39, 0.29) is 5.91 Å². The minimum Gasteiger partial charge on any atom is -0.337 e. The SMILES string of the molecule is Cc1noc2ncc(C(=O)N(C)Cc3ccccc3)cc12. The topological polar surface area (TPSA) is 59.2 Å². The fourth-order valence-electron chi connectivity index (χ4n) is 2.21. The summed E-state index contributed by atoms with van der Waals surface area (Å²) in [6.07, 6.45) is 1.52. The average Bonchev–Trinajstić information content (AvgIpc) is 2.88. The number of fused-ring (bicyclic) bond motifs is 1. The minimum absolute atomic E-state index is 0.0751. The first-order valence-corrected chi connectivity index (χ1v) is 6.66. The second-order valence-electron chi connectivity index (χ2n) is 4.99. The van der Waals surface area contributed by atoms with Crippen LogP contribution in [0.25, 0.3) is 11.1 Å². The van der Waals surface area contributed by atoms with Gasteiger partial charge in [-0.05, 0) is 18.6 Å². The van der Waals surface area contributed by atoms with Crippen molar-refractivity contribution >= 4 is 17.0 Å². The maximum atomic E-state index is 12.5. The van der Waals surface area contributed by atoms with Crippen LogP contribution in [-0.4, -0.2) is 28.0 Å². The molecule has 1 aromatic carbocycles. The average molecular weight is 281 g/mol. The van der Waals surface area contributed by atoms with Gasteiger partial charge in [-0.25, -0.2) is 4.98 Å². The van der Waals surface area contributed by atoms with Crippen molar-refractivity contribution in [3.63, 3.8) is 0 Å². The van der Waals surface area contributed by atoms with Gasteiger partial charge < -0.3 is 9.42 Å². The van der Waals surface area contributed by atoms with E-state index in [9.17, 15) is 4.79 Å². The highest BCUT2D eigenvalue weighted by atomic mass is 16.5. The fourth-order valence-corrected chi connectivity index (χ4v) is 2.21. The van der Waals surface area contributed by atoms with E-state index in [0.29, 0.717) is 17.8 Å². The molecule has 3 aromatic rings. The molecule has 0 aliphatic heterocycles. The number of pyridine rings is 1. The molecule has 21 heavy (non-hydrogen) atoms. The number of hydrogen-bond acceptors (Lipinski definition) is 4. The Morgan fingerprint density at radius 1 is 1.29 bits per heavy atom. The van der Waals surface area contributed by atoms with Gasteiger partial charge in [0.05, 0.1) is 16.6 Å². The van der Waals surface area contributed by atoms with Crippen LogP contribution in [0.15, 0.2) is 47.1 Å². The Bertz CT molecular complexity index is 781. The van der Waals surface area contributed by atoms with Gasteiger partial charge >= 0.3 is 0 Å².